The van der Waals surface area contributed by atoms with Crippen LogP contribution in [0.5, 0.6) is 0 Å². The van der Waals surface area contributed by atoms with Crippen molar-refractivity contribution < 1.29 is 14.3 Å². The minimum Gasteiger partial charge on any atom is -0.481 e. The van der Waals surface area contributed by atoms with E-state index in [4.69, 9.17) is 9.52 Å². The Kier molecular flexibility index (Phi) is 3.28. The molecule has 1 heterocycles. The smallest absolute Gasteiger partial charge is 0.309 e. The van der Waals surface area contributed by atoms with Gasteiger partial charge >= 0.3 is 5.97 Å². The van der Waals surface area contributed by atoms with E-state index in [1.807, 2.05) is 24.3 Å². The van der Waals surface area contributed by atoms with Gasteiger partial charge in [-0.3, -0.25) is 4.79 Å². The van der Waals surface area contributed by atoms with Crippen LogP contribution in [-0.2, 0) is 11.2 Å². The van der Waals surface area contributed by atoms with Gasteiger partial charge in [-0.25, -0.2) is 4.98 Å². The summed E-state index contributed by atoms with van der Waals surface area (Å²) in [4.78, 5) is 14.8. The summed E-state index contributed by atoms with van der Waals surface area (Å²) >= 11 is 3.40. The second-order valence-corrected chi connectivity index (χ2v) is 4.43. The zero-order valence-electron chi connectivity index (χ0n) is 9.11. The van der Waals surface area contributed by atoms with Crippen molar-refractivity contribution in [3.05, 3.63) is 40.2 Å². The highest BCUT2D eigenvalue weighted by Crippen LogP contribution is 2.28. The average molecular weight is 296 g/mol. The van der Waals surface area contributed by atoms with E-state index in [1.54, 1.807) is 6.92 Å². The fourth-order valence-electron chi connectivity index (χ4n) is 1.49. The van der Waals surface area contributed by atoms with Crippen molar-refractivity contribution in [1.29, 1.82) is 0 Å². The monoisotopic (exact) mass is 295 g/mol. The van der Waals surface area contributed by atoms with Crippen LogP contribution in [0.3, 0.4) is 0 Å². The van der Waals surface area contributed by atoms with Crippen molar-refractivity contribution in [2.24, 2.45) is 0 Å². The van der Waals surface area contributed by atoms with Gasteiger partial charge < -0.3 is 9.52 Å². The molecule has 0 unspecified atom stereocenters. The molecule has 1 N–H and O–H groups in total. The van der Waals surface area contributed by atoms with Gasteiger partial charge in [-0.1, -0.05) is 12.1 Å². The van der Waals surface area contributed by atoms with E-state index >= 15 is 0 Å². The lowest BCUT2D eigenvalue weighted by molar-refractivity contribution is -0.136. The summed E-state index contributed by atoms with van der Waals surface area (Å²) < 4.78 is 6.34. The molecule has 0 spiro atoms. The number of oxazole rings is 1. The van der Waals surface area contributed by atoms with Crippen LogP contribution in [0.1, 0.15) is 11.5 Å². The van der Waals surface area contributed by atoms with Gasteiger partial charge in [0.2, 0.25) is 5.89 Å². The largest absolute Gasteiger partial charge is 0.481 e. The summed E-state index contributed by atoms with van der Waals surface area (Å²) in [5.41, 5.74) is 1.27. The highest BCUT2D eigenvalue weighted by Gasteiger charge is 2.15. The van der Waals surface area contributed by atoms with Crippen LogP contribution >= 0.6 is 15.9 Å². The van der Waals surface area contributed by atoms with Gasteiger partial charge in [0.05, 0.1) is 17.7 Å². The minimum absolute atomic E-state index is 0.125. The van der Waals surface area contributed by atoms with Crippen LogP contribution in [0.25, 0.3) is 11.5 Å². The lowest BCUT2D eigenvalue weighted by Crippen LogP contribution is -2.01. The maximum absolute atomic E-state index is 10.6. The Morgan fingerprint density at radius 2 is 2.18 bits per heavy atom. The normalized spacial score (nSPS) is 10.5. The molecule has 0 fully saturated rings. The second-order valence-electron chi connectivity index (χ2n) is 3.57. The Morgan fingerprint density at radius 3 is 2.82 bits per heavy atom. The number of aryl methyl sites for hydroxylation is 1. The van der Waals surface area contributed by atoms with Gasteiger partial charge in [-0.2, -0.15) is 0 Å². The number of nitrogens with zero attached hydrogens (tertiary/aromatic N) is 1. The first-order chi connectivity index (χ1) is 8.08. The molecule has 0 bridgehead atoms. The molecule has 1 aromatic heterocycles. The molecular weight excluding hydrogens is 286 g/mol. The van der Waals surface area contributed by atoms with E-state index in [1.165, 1.54) is 0 Å². The van der Waals surface area contributed by atoms with Gasteiger partial charge in [0.25, 0.3) is 0 Å². The van der Waals surface area contributed by atoms with Crippen LogP contribution in [0.15, 0.2) is 33.2 Å². The fraction of sp³-hybridized carbons (Fsp3) is 0.167. The molecule has 0 saturated heterocycles. The summed E-state index contributed by atoms with van der Waals surface area (Å²) in [6, 6.07) is 7.50. The van der Waals surface area contributed by atoms with Crippen molar-refractivity contribution in [3.8, 4) is 11.5 Å². The van der Waals surface area contributed by atoms with Crippen molar-refractivity contribution >= 4 is 21.9 Å². The molecule has 0 aliphatic carbocycles. The van der Waals surface area contributed by atoms with Crippen molar-refractivity contribution in [2.75, 3.05) is 0 Å². The molecule has 4 nitrogen and oxygen atoms in total. The Bertz CT molecular complexity index is 563. The van der Waals surface area contributed by atoms with Crippen LogP contribution in [0.2, 0.25) is 0 Å². The molecule has 1 aromatic carbocycles. The summed E-state index contributed by atoms with van der Waals surface area (Å²) in [5, 5.41) is 8.73. The Hall–Kier alpha value is -1.62. The van der Waals surface area contributed by atoms with Crippen molar-refractivity contribution in [3.63, 3.8) is 0 Å². The molecular formula is C12H10BrNO3. The number of hydrogen-bond donors (Lipinski definition) is 1. The molecule has 2 rings (SSSR count). The minimum atomic E-state index is -0.917. The first kappa shape index (κ1) is 11.9. The summed E-state index contributed by atoms with van der Waals surface area (Å²) in [7, 11) is 0. The maximum Gasteiger partial charge on any atom is 0.309 e. The number of rotatable bonds is 3. The van der Waals surface area contributed by atoms with E-state index in [0.29, 0.717) is 17.3 Å². The topological polar surface area (TPSA) is 63.3 Å². The van der Waals surface area contributed by atoms with Crippen LogP contribution in [0.4, 0.5) is 0 Å². The lowest BCUT2D eigenvalue weighted by atomic mass is 10.2. The molecule has 0 atom stereocenters. The van der Waals surface area contributed by atoms with Crippen LogP contribution in [0, 0.1) is 6.92 Å². The number of aliphatic carboxylic acids is 1. The molecule has 0 saturated carbocycles. The molecule has 0 radical (unpaired) electrons. The second kappa shape index (κ2) is 4.71. The Balaban J connectivity index is 2.41. The van der Waals surface area contributed by atoms with E-state index < -0.39 is 5.97 Å². The molecule has 17 heavy (non-hydrogen) atoms. The number of carboxylic acids is 1. The Morgan fingerprint density at radius 1 is 1.47 bits per heavy atom. The maximum atomic E-state index is 10.6. The quantitative estimate of drug-likeness (QED) is 0.945. The number of halogens is 1. The molecule has 5 heteroatoms. The van der Waals surface area contributed by atoms with Gasteiger partial charge in [-0.15, -0.1) is 0 Å². The zero-order valence-corrected chi connectivity index (χ0v) is 10.7. The lowest BCUT2D eigenvalue weighted by Gasteiger charge is -1.97. The third kappa shape index (κ3) is 2.55. The predicted molar refractivity (Wildman–Crippen MR) is 65.7 cm³/mol. The number of aromatic nitrogens is 1. The van der Waals surface area contributed by atoms with Gasteiger partial charge in [0.15, 0.2) is 0 Å². The van der Waals surface area contributed by atoms with Crippen LogP contribution < -0.4 is 0 Å². The van der Waals surface area contributed by atoms with Crippen molar-refractivity contribution in [1.82, 2.24) is 4.98 Å². The third-order valence-electron chi connectivity index (χ3n) is 2.32. The van der Waals surface area contributed by atoms with Gasteiger partial charge in [0.1, 0.15) is 5.76 Å². The van der Waals surface area contributed by atoms with Crippen LogP contribution in [-0.4, -0.2) is 16.1 Å². The van der Waals surface area contributed by atoms with E-state index in [0.717, 1.165) is 10.0 Å². The summed E-state index contributed by atoms with van der Waals surface area (Å²) in [5.74, 6) is 0.0597. The average Bonchev–Trinajstić information content (AvgIpc) is 2.60. The standard InChI is InChI=1S/C12H10BrNO3/c1-7-10(6-11(15)16)14-12(17-7)8-4-2-3-5-9(8)13/h2-5H,6H2,1H3,(H,15,16). The third-order valence-corrected chi connectivity index (χ3v) is 3.01. The summed E-state index contributed by atoms with van der Waals surface area (Å²) in [6.45, 7) is 1.71. The number of benzene rings is 1. The number of carboxylic acid groups (broad SMARTS) is 1. The molecule has 0 aliphatic rings. The first-order valence-corrected chi connectivity index (χ1v) is 5.80. The fourth-order valence-corrected chi connectivity index (χ4v) is 1.94. The van der Waals surface area contributed by atoms with E-state index in [9.17, 15) is 4.79 Å². The number of carbonyl (C=O) groups is 1. The molecule has 2 aromatic rings. The van der Waals surface area contributed by atoms with E-state index in [2.05, 4.69) is 20.9 Å². The Labute approximate surface area is 106 Å². The highest BCUT2D eigenvalue weighted by atomic mass is 79.9. The molecule has 0 amide bonds. The predicted octanol–water partition coefficient (Wildman–Crippen LogP) is 3.04. The summed E-state index contributed by atoms with van der Waals surface area (Å²) in [6.07, 6.45) is -0.125. The van der Waals surface area contributed by atoms with E-state index in [-0.39, 0.29) is 6.42 Å². The molecule has 0 aliphatic heterocycles. The van der Waals surface area contributed by atoms with Crippen molar-refractivity contribution in [2.45, 2.75) is 13.3 Å². The van der Waals surface area contributed by atoms with Gasteiger partial charge in [-0.05, 0) is 35.0 Å². The van der Waals surface area contributed by atoms with Gasteiger partial charge in [0, 0.05) is 4.47 Å². The molecule has 88 valence electrons. The SMILES string of the molecule is Cc1oc(-c2ccccc2Br)nc1CC(=O)O. The number of hydrogen-bond acceptors (Lipinski definition) is 3. The first-order valence-electron chi connectivity index (χ1n) is 5.01. The highest BCUT2D eigenvalue weighted by molar-refractivity contribution is 9.10. The zero-order chi connectivity index (χ0) is 12.4.